The summed E-state index contributed by atoms with van der Waals surface area (Å²) < 4.78 is 7.37. The van der Waals surface area contributed by atoms with E-state index < -0.39 is 0 Å². The van der Waals surface area contributed by atoms with E-state index in [1.807, 2.05) is 26.8 Å². The maximum atomic E-state index is 5.98. The van der Waals surface area contributed by atoms with Crippen LogP contribution in [0.1, 0.15) is 20.8 Å². The first-order chi connectivity index (χ1) is 9.43. The van der Waals surface area contributed by atoms with Crippen molar-refractivity contribution < 1.29 is 4.74 Å². The van der Waals surface area contributed by atoms with Crippen LogP contribution in [-0.4, -0.2) is 32.4 Å². The molecule has 7 nitrogen and oxygen atoms in total. The summed E-state index contributed by atoms with van der Waals surface area (Å²) in [6.45, 7) is 7.12. The van der Waals surface area contributed by atoms with Crippen molar-refractivity contribution in [1.82, 2.24) is 20.2 Å². The minimum absolute atomic E-state index is 0.360. The van der Waals surface area contributed by atoms with Gasteiger partial charge in [-0.3, -0.25) is 0 Å². The molecule has 1 aromatic heterocycles. The Kier molecular flexibility index (Phi) is 3.89. The predicted octanol–water partition coefficient (Wildman–Crippen LogP) is 1.32. The highest BCUT2D eigenvalue weighted by molar-refractivity contribution is 5.74. The van der Waals surface area contributed by atoms with Crippen molar-refractivity contribution >= 4 is 11.4 Å². The first kappa shape index (κ1) is 14.3. The van der Waals surface area contributed by atoms with Crippen LogP contribution in [-0.2, 0) is 11.3 Å². The van der Waals surface area contributed by atoms with Crippen LogP contribution in [0.5, 0.6) is 0 Å². The lowest BCUT2D eigenvalue weighted by atomic mass is 10.1. The molecule has 2 rings (SSSR count). The Morgan fingerprint density at radius 2 is 2.05 bits per heavy atom. The summed E-state index contributed by atoms with van der Waals surface area (Å²) in [6, 6.07) is 5.29. The molecule has 0 aliphatic carbocycles. The number of nitrogen functional groups attached to an aromatic ring is 2. The third-order valence-corrected chi connectivity index (χ3v) is 2.91. The molecule has 108 valence electrons. The van der Waals surface area contributed by atoms with Gasteiger partial charge in [0, 0.05) is 23.5 Å². The van der Waals surface area contributed by atoms with Gasteiger partial charge < -0.3 is 16.2 Å². The van der Waals surface area contributed by atoms with Crippen molar-refractivity contribution in [2.75, 3.05) is 18.1 Å². The molecule has 20 heavy (non-hydrogen) atoms. The number of ether oxygens (including phenoxy) is 1. The number of rotatable bonds is 5. The molecule has 0 aliphatic heterocycles. The van der Waals surface area contributed by atoms with Crippen LogP contribution in [0.2, 0.25) is 0 Å². The van der Waals surface area contributed by atoms with Crippen molar-refractivity contribution in [3.63, 3.8) is 0 Å². The van der Waals surface area contributed by atoms with Crippen molar-refractivity contribution in [3.05, 3.63) is 18.2 Å². The second-order valence-corrected chi connectivity index (χ2v) is 5.20. The Bertz CT molecular complexity index is 592. The second-order valence-electron chi connectivity index (χ2n) is 5.20. The van der Waals surface area contributed by atoms with Gasteiger partial charge in [0.1, 0.15) is 0 Å². The largest absolute Gasteiger partial charge is 0.399 e. The average molecular weight is 276 g/mol. The summed E-state index contributed by atoms with van der Waals surface area (Å²) in [7, 11) is 0. The SMILES string of the molecule is CCOC(C)(C)Cn1nnnc1-c1ccc(N)cc1N. The maximum Gasteiger partial charge on any atom is 0.184 e. The zero-order valence-corrected chi connectivity index (χ0v) is 12.0. The highest BCUT2D eigenvalue weighted by Gasteiger charge is 2.22. The smallest absolute Gasteiger partial charge is 0.184 e. The van der Waals surface area contributed by atoms with Gasteiger partial charge in [0.05, 0.1) is 12.1 Å². The van der Waals surface area contributed by atoms with Gasteiger partial charge in [-0.25, -0.2) is 4.68 Å². The van der Waals surface area contributed by atoms with E-state index in [0.29, 0.717) is 30.4 Å². The molecule has 2 aromatic rings. The van der Waals surface area contributed by atoms with Crippen LogP contribution in [0.25, 0.3) is 11.4 Å². The average Bonchev–Trinajstić information content (AvgIpc) is 2.76. The van der Waals surface area contributed by atoms with Crippen LogP contribution < -0.4 is 11.5 Å². The van der Waals surface area contributed by atoms with E-state index in [2.05, 4.69) is 15.5 Å². The summed E-state index contributed by atoms with van der Waals surface area (Å²) in [5.41, 5.74) is 13.2. The quantitative estimate of drug-likeness (QED) is 0.798. The fourth-order valence-electron chi connectivity index (χ4n) is 2.09. The number of hydrogen-bond acceptors (Lipinski definition) is 6. The molecule has 0 fully saturated rings. The molecule has 7 heteroatoms. The van der Waals surface area contributed by atoms with Gasteiger partial charge in [-0.1, -0.05) is 0 Å². The van der Waals surface area contributed by atoms with E-state index in [0.717, 1.165) is 5.56 Å². The van der Waals surface area contributed by atoms with E-state index in [1.54, 1.807) is 16.8 Å². The molecule has 0 saturated carbocycles. The Hall–Kier alpha value is -2.15. The number of nitrogens with zero attached hydrogens (tertiary/aromatic N) is 4. The van der Waals surface area contributed by atoms with Crippen molar-refractivity contribution in [2.45, 2.75) is 32.9 Å². The van der Waals surface area contributed by atoms with Gasteiger partial charge in [0.2, 0.25) is 0 Å². The maximum absolute atomic E-state index is 5.98. The summed E-state index contributed by atoms with van der Waals surface area (Å²) in [6.07, 6.45) is 0. The number of anilines is 2. The van der Waals surface area contributed by atoms with Gasteiger partial charge in [0.15, 0.2) is 5.82 Å². The molecular weight excluding hydrogens is 256 g/mol. The molecule has 1 aromatic carbocycles. The second kappa shape index (κ2) is 5.46. The molecule has 0 unspecified atom stereocenters. The van der Waals surface area contributed by atoms with Gasteiger partial charge >= 0.3 is 0 Å². The Morgan fingerprint density at radius 3 is 2.70 bits per heavy atom. The Balaban J connectivity index is 2.33. The molecule has 0 aliphatic rings. The zero-order chi connectivity index (χ0) is 14.8. The van der Waals surface area contributed by atoms with Crippen molar-refractivity contribution in [3.8, 4) is 11.4 Å². The number of aromatic nitrogens is 4. The van der Waals surface area contributed by atoms with Crippen LogP contribution >= 0.6 is 0 Å². The van der Waals surface area contributed by atoms with Gasteiger partial charge in [-0.05, 0) is 49.4 Å². The van der Waals surface area contributed by atoms with Crippen LogP contribution in [0.15, 0.2) is 18.2 Å². The number of hydrogen-bond donors (Lipinski definition) is 2. The molecule has 0 radical (unpaired) electrons. The van der Waals surface area contributed by atoms with Crippen LogP contribution in [0, 0.1) is 0 Å². The zero-order valence-electron chi connectivity index (χ0n) is 12.0. The van der Waals surface area contributed by atoms with Crippen molar-refractivity contribution in [1.29, 1.82) is 0 Å². The van der Waals surface area contributed by atoms with Gasteiger partial charge in [0.25, 0.3) is 0 Å². The van der Waals surface area contributed by atoms with E-state index in [1.165, 1.54) is 0 Å². The molecule has 0 atom stereocenters. The molecule has 1 heterocycles. The Morgan fingerprint density at radius 1 is 1.30 bits per heavy atom. The third-order valence-electron chi connectivity index (χ3n) is 2.91. The number of benzene rings is 1. The third kappa shape index (κ3) is 3.05. The topological polar surface area (TPSA) is 105 Å². The summed E-state index contributed by atoms with van der Waals surface area (Å²) in [5.74, 6) is 0.607. The van der Waals surface area contributed by atoms with Crippen LogP contribution in [0.3, 0.4) is 0 Å². The monoisotopic (exact) mass is 276 g/mol. The fraction of sp³-hybridized carbons (Fsp3) is 0.462. The molecule has 4 N–H and O–H groups in total. The highest BCUT2D eigenvalue weighted by Crippen LogP contribution is 2.26. The molecule has 0 spiro atoms. The first-order valence-corrected chi connectivity index (χ1v) is 6.48. The van der Waals surface area contributed by atoms with E-state index in [4.69, 9.17) is 16.2 Å². The number of nitrogens with two attached hydrogens (primary N) is 2. The summed E-state index contributed by atoms with van der Waals surface area (Å²) in [4.78, 5) is 0. The van der Waals surface area contributed by atoms with E-state index >= 15 is 0 Å². The van der Waals surface area contributed by atoms with Crippen LogP contribution in [0.4, 0.5) is 11.4 Å². The minimum atomic E-state index is -0.360. The summed E-state index contributed by atoms with van der Waals surface area (Å²) in [5, 5.41) is 11.8. The highest BCUT2D eigenvalue weighted by atomic mass is 16.5. The Labute approximate surface area is 117 Å². The summed E-state index contributed by atoms with van der Waals surface area (Å²) >= 11 is 0. The fourth-order valence-corrected chi connectivity index (χ4v) is 2.09. The molecule has 0 bridgehead atoms. The standard InChI is InChI=1S/C13H20N6O/c1-4-20-13(2,3)8-19-12(16-17-18-19)10-6-5-9(14)7-11(10)15/h5-7H,4,8,14-15H2,1-3H3. The molecular formula is C13H20N6O. The van der Waals surface area contributed by atoms with Gasteiger partial charge in [-0.2, -0.15) is 0 Å². The lowest BCUT2D eigenvalue weighted by molar-refractivity contribution is -0.0246. The number of tetrazole rings is 1. The lowest BCUT2D eigenvalue weighted by Gasteiger charge is -2.24. The van der Waals surface area contributed by atoms with E-state index in [9.17, 15) is 0 Å². The lowest BCUT2D eigenvalue weighted by Crippen LogP contribution is -2.31. The first-order valence-electron chi connectivity index (χ1n) is 6.48. The van der Waals surface area contributed by atoms with Gasteiger partial charge in [-0.15, -0.1) is 5.10 Å². The normalized spacial score (nSPS) is 11.8. The molecule has 0 amide bonds. The van der Waals surface area contributed by atoms with Crippen molar-refractivity contribution in [2.24, 2.45) is 0 Å². The predicted molar refractivity (Wildman–Crippen MR) is 77.8 cm³/mol. The van der Waals surface area contributed by atoms with E-state index in [-0.39, 0.29) is 5.60 Å². The minimum Gasteiger partial charge on any atom is -0.399 e. The molecule has 0 saturated heterocycles.